The summed E-state index contributed by atoms with van der Waals surface area (Å²) in [5.74, 6) is -0.233. The van der Waals surface area contributed by atoms with E-state index in [9.17, 15) is 35.7 Å². The van der Waals surface area contributed by atoms with Crippen LogP contribution in [0.3, 0.4) is 0 Å². The molecule has 0 radical (unpaired) electrons. The van der Waals surface area contributed by atoms with Crippen molar-refractivity contribution in [3.63, 3.8) is 0 Å². The van der Waals surface area contributed by atoms with Gasteiger partial charge in [-0.15, -0.1) is 0 Å². The molecule has 4 saturated carbocycles. The maximum atomic E-state index is 12.6. The van der Waals surface area contributed by atoms with Gasteiger partial charge in [0.2, 0.25) is 0 Å². The molecular formula is C42H72O16. The second-order valence-corrected chi connectivity index (χ2v) is 19.3. The highest BCUT2D eigenvalue weighted by atomic mass is 16.8. The van der Waals surface area contributed by atoms with E-state index in [2.05, 4.69) is 6.92 Å². The fourth-order valence-electron chi connectivity index (χ4n) is 13.0. The number of hydrogen-bond donors (Lipinski definition) is 7. The molecule has 16 heteroatoms. The largest absolute Gasteiger partial charge is 0.392 e. The third-order valence-electron chi connectivity index (χ3n) is 16.7. The van der Waals surface area contributed by atoms with Crippen molar-refractivity contribution in [3.05, 3.63) is 0 Å². The Morgan fingerprint density at radius 3 is 1.83 bits per heavy atom. The molecular weight excluding hydrogens is 760 g/mol. The summed E-state index contributed by atoms with van der Waals surface area (Å²) in [5.41, 5.74) is -6.89. The Morgan fingerprint density at radius 1 is 0.638 bits per heavy atom. The van der Waals surface area contributed by atoms with Crippen LogP contribution >= 0.6 is 0 Å². The highest BCUT2D eigenvalue weighted by molar-refractivity contribution is 5.30. The highest BCUT2D eigenvalue weighted by Gasteiger charge is 2.80. The van der Waals surface area contributed by atoms with Crippen LogP contribution in [-0.4, -0.2) is 172 Å². The van der Waals surface area contributed by atoms with Gasteiger partial charge < -0.3 is 78.4 Å². The number of methoxy groups -OCH3 is 3. The molecule has 0 bridgehead atoms. The van der Waals surface area contributed by atoms with E-state index in [0.717, 1.165) is 12.8 Å². The average Bonchev–Trinajstić information content (AvgIpc) is 3.41. The lowest BCUT2D eigenvalue weighted by molar-refractivity contribution is -0.353. The first-order valence-electron chi connectivity index (χ1n) is 21.6. The Morgan fingerprint density at radius 2 is 1.24 bits per heavy atom. The van der Waals surface area contributed by atoms with Crippen molar-refractivity contribution >= 4 is 0 Å². The van der Waals surface area contributed by atoms with E-state index in [4.69, 9.17) is 42.6 Å². The predicted octanol–water partition coefficient (Wildman–Crippen LogP) is 1.28. The highest BCUT2D eigenvalue weighted by Crippen LogP contribution is 2.71. The summed E-state index contributed by atoms with van der Waals surface area (Å²) in [5, 5.41) is 80.3. The van der Waals surface area contributed by atoms with E-state index in [1.165, 1.54) is 14.0 Å². The molecule has 0 amide bonds. The van der Waals surface area contributed by atoms with Gasteiger partial charge >= 0.3 is 0 Å². The van der Waals surface area contributed by atoms with Crippen molar-refractivity contribution in [3.8, 4) is 0 Å². The Labute approximate surface area is 342 Å². The number of rotatable bonds is 10. The Bertz CT molecular complexity index is 1420. The minimum atomic E-state index is -1.76. The van der Waals surface area contributed by atoms with Crippen LogP contribution in [0, 0.1) is 22.7 Å². The van der Waals surface area contributed by atoms with E-state index in [1.807, 2.05) is 13.8 Å². The van der Waals surface area contributed by atoms with Gasteiger partial charge in [-0.25, -0.2) is 0 Å². The van der Waals surface area contributed by atoms with Crippen LogP contribution in [0.4, 0.5) is 0 Å². The van der Waals surface area contributed by atoms with Gasteiger partial charge in [0.05, 0.1) is 59.8 Å². The van der Waals surface area contributed by atoms with Crippen LogP contribution in [0.2, 0.25) is 0 Å². The summed E-state index contributed by atoms with van der Waals surface area (Å²) in [6, 6.07) is 0. The number of aliphatic hydroxyl groups excluding tert-OH is 4. The van der Waals surface area contributed by atoms with Crippen LogP contribution in [0.5, 0.6) is 0 Å². The van der Waals surface area contributed by atoms with Crippen molar-refractivity contribution in [1.82, 2.24) is 0 Å². The van der Waals surface area contributed by atoms with Gasteiger partial charge in [-0.3, -0.25) is 0 Å². The number of aliphatic hydroxyl groups is 7. The predicted molar refractivity (Wildman–Crippen MR) is 204 cm³/mol. The first-order chi connectivity index (χ1) is 27.2. The molecule has 3 saturated heterocycles. The third kappa shape index (κ3) is 6.96. The molecule has 3 heterocycles. The van der Waals surface area contributed by atoms with E-state index in [-0.39, 0.29) is 42.8 Å². The zero-order chi connectivity index (χ0) is 42.3. The van der Waals surface area contributed by atoms with Crippen LogP contribution in [0.1, 0.15) is 106 Å². The summed E-state index contributed by atoms with van der Waals surface area (Å²) < 4.78 is 55.2. The average molecular weight is 833 g/mol. The van der Waals surface area contributed by atoms with E-state index >= 15 is 0 Å². The maximum absolute atomic E-state index is 12.6. The molecule has 0 unspecified atom stereocenters. The van der Waals surface area contributed by atoms with Gasteiger partial charge in [-0.1, -0.05) is 13.8 Å². The molecule has 0 aromatic rings. The minimum absolute atomic E-state index is 0.0916. The monoisotopic (exact) mass is 832 g/mol. The molecule has 7 rings (SSSR count). The molecule has 4 aliphatic carbocycles. The van der Waals surface area contributed by atoms with Crippen molar-refractivity contribution in [2.24, 2.45) is 22.7 Å². The Hall–Kier alpha value is -0.640. The molecule has 0 spiro atoms. The summed E-state index contributed by atoms with van der Waals surface area (Å²) in [6.45, 7) is 10.8. The van der Waals surface area contributed by atoms with Crippen LogP contribution in [-0.2, 0) is 42.6 Å². The molecule has 0 aromatic carbocycles. The summed E-state index contributed by atoms with van der Waals surface area (Å²) in [7, 11) is 4.64. The first-order valence-corrected chi connectivity index (χ1v) is 21.6. The van der Waals surface area contributed by atoms with Crippen LogP contribution in [0.15, 0.2) is 0 Å². The second kappa shape index (κ2) is 16.5. The van der Waals surface area contributed by atoms with Crippen molar-refractivity contribution in [1.29, 1.82) is 0 Å². The van der Waals surface area contributed by atoms with E-state index in [1.54, 1.807) is 28.1 Å². The molecule has 0 aromatic heterocycles. The van der Waals surface area contributed by atoms with Crippen molar-refractivity contribution in [2.45, 2.75) is 221 Å². The second-order valence-electron chi connectivity index (χ2n) is 19.3. The van der Waals surface area contributed by atoms with Crippen LogP contribution in [0.25, 0.3) is 0 Å². The number of ether oxygens (including phenoxy) is 9. The fraction of sp³-hybridized carbons (Fsp3) is 1.00. The summed E-state index contributed by atoms with van der Waals surface area (Å²) in [4.78, 5) is 0. The topological polar surface area (TPSA) is 225 Å². The molecule has 336 valence electrons. The lowest BCUT2D eigenvalue weighted by Gasteiger charge is -2.69. The van der Waals surface area contributed by atoms with Crippen LogP contribution < -0.4 is 0 Å². The maximum Gasteiger partial charge on any atom is 0.187 e. The van der Waals surface area contributed by atoms with Crippen molar-refractivity contribution < 1.29 is 78.4 Å². The van der Waals surface area contributed by atoms with Crippen molar-refractivity contribution in [2.75, 3.05) is 21.3 Å². The fourth-order valence-corrected chi connectivity index (χ4v) is 13.0. The van der Waals surface area contributed by atoms with Gasteiger partial charge in [0.25, 0.3) is 0 Å². The van der Waals surface area contributed by atoms with Gasteiger partial charge in [-0.05, 0) is 96.3 Å². The quantitative estimate of drug-likeness (QED) is 0.154. The zero-order valence-electron chi connectivity index (χ0n) is 35.8. The standard InChI is InChI=1S/C42H72O16/c1-20-32(45)36(52-9)33(46)37(55-20)58-35-22(3)54-31(18-27(35)51-8)57-34-21(2)53-30(17-26(34)50-7)56-25-11-12-38(5)24(16-25)10-13-41(48)28(38)19-29(44)39(6)40(47,23(4)43)14-15-42(39,41)49/h20-37,43-49H,10-19H2,1-9H3/t20-,21-,22-,23+,24+,25+,26+,27+,28-,29-,30+,31+,32-,33-,34-,35-,36+,37+,38+,39-,40-,41+,42-/m1/s1. The molecule has 3 aliphatic heterocycles. The number of fused-ring (bicyclic) bond motifs is 5. The molecule has 7 fully saturated rings. The molecule has 58 heavy (non-hydrogen) atoms. The molecule has 16 nitrogen and oxygen atoms in total. The van der Waals surface area contributed by atoms with Gasteiger partial charge in [0.15, 0.2) is 18.9 Å². The van der Waals surface area contributed by atoms with Gasteiger partial charge in [-0.2, -0.15) is 0 Å². The third-order valence-corrected chi connectivity index (χ3v) is 16.7. The lowest BCUT2D eigenvalue weighted by Crippen LogP contribution is -2.79. The minimum Gasteiger partial charge on any atom is -0.392 e. The van der Waals surface area contributed by atoms with E-state index in [0.29, 0.717) is 32.1 Å². The van der Waals surface area contributed by atoms with Gasteiger partial charge in [0.1, 0.15) is 41.7 Å². The SMILES string of the molecule is CO[C@@H]1[C@@H](O)[C@H](O[C@H]2[C@@H](OC)C[C@H](O[C@H]3[C@@H](OC)C[C@H](O[C@H]4CC[C@@]5(C)[C@@H](CC[C@]6(O)[C@@H]5C[C@@H](O)[C@@]5(C)[C@]6(O)CC[C@@]5(O)[C@H](C)O)C4)O[C@@H]3C)O[C@@H]2C)O[C@H](C)[C@H]1O. The molecule has 7 aliphatic rings. The number of hydrogen-bond acceptors (Lipinski definition) is 16. The summed E-state index contributed by atoms with van der Waals surface area (Å²) >= 11 is 0. The van der Waals surface area contributed by atoms with Gasteiger partial charge in [0, 0.05) is 34.2 Å². The summed E-state index contributed by atoms with van der Waals surface area (Å²) in [6.07, 6.45) is -6.94. The lowest BCUT2D eigenvalue weighted by atomic mass is 9.40. The molecule has 23 atom stereocenters. The Kier molecular flexibility index (Phi) is 12.9. The van der Waals surface area contributed by atoms with E-state index < -0.39 is 114 Å². The first kappa shape index (κ1) is 45.4. The zero-order valence-corrected chi connectivity index (χ0v) is 35.8. The smallest absolute Gasteiger partial charge is 0.187 e. The normalized spacial score (nSPS) is 56.6. The Balaban J connectivity index is 0.952. The molecule has 7 N–H and O–H groups in total.